The van der Waals surface area contributed by atoms with E-state index >= 15 is 0 Å². The zero-order chi connectivity index (χ0) is 11.3. The molecular formula is C11H23N3O. The van der Waals surface area contributed by atoms with E-state index in [1.54, 1.807) is 0 Å². The lowest BCUT2D eigenvalue weighted by Gasteiger charge is -2.21. The molecule has 0 aliphatic carbocycles. The van der Waals surface area contributed by atoms with Gasteiger partial charge in [-0.2, -0.15) is 0 Å². The minimum Gasteiger partial charge on any atom is -0.341 e. The Morgan fingerprint density at radius 3 is 2.53 bits per heavy atom. The van der Waals surface area contributed by atoms with E-state index in [1.165, 1.54) is 0 Å². The van der Waals surface area contributed by atoms with E-state index in [0.29, 0.717) is 0 Å². The molecule has 1 rings (SSSR count). The van der Waals surface area contributed by atoms with Gasteiger partial charge >= 0.3 is 0 Å². The van der Waals surface area contributed by atoms with Crippen LogP contribution in [-0.4, -0.2) is 62.0 Å². The number of nitrogens with one attached hydrogen (secondary N) is 1. The van der Waals surface area contributed by atoms with Crippen molar-refractivity contribution in [1.29, 1.82) is 0 Å². The van der Waals surface area contributed by atoms with E-state index in [0.717, 1.165) is 39.0 Å². The summed E-state index contributed by atoms with van der Waals surface area (Å²) >= 11 is 0. The highest BCUT2D eigenvalue weighted by Gasteiger charge is 2.22. The maximum Gasteiger partial charge on any atom is 0.239 e. The number of hydrogen-bond acceptors (Lipinski definition) is 3. The smallest absolute Gasteiger partial charge is 0.239 e. The first-order chi connectivity index (χ1) is 7.11. The average Bonchev–Trinajstić information content (AvgIpc) is 2.68. The number of amides is 1. The number of hydrogen-bond donors (Lipinski definition) is 1. The van der Waals surface area contributed by atoms with Gasteiger partial charge in [0.1, 0.15) is 0 Å². The lowest BCUT2D eigenvalue weighted by Crippen LogP contribution is -2.45. The molecule has 15 heavy (non-hydrogen) atoms. The third-order valence-electron chi connectivity index (χ3n) is 2.80. The predicted molar refractivity (Wildman–Crippen MR) is 61.8 cm³/mol. The van der Waals surface area contributed by atoms with E-state index < -0.39 is 0 Å². The van der Waals surface area contributed by atoms with Crippen molar-refractivity contribution < 1.29 is 4.79 Å². The Labute approximate surface area is 92.6 Å². The molecule has 0 spiro atoms. The minimum atomic E-state index is -0.0388. The summed E-state index contributed by atoms with van der Waals surface area (Å²) in [4.78, 5) is 15.9. The Morgan fingerprint density at radius 1 is 1.40 bits per heavy atom. The van der Waals surface area contributed by atoms with Gasteiger partial charge in [-0.05, 0) is 33.9 Å². The van der Waals surface area contributed by atoms with Gasteiger partial charge in [0, 0.05) is 26.2 Å². The lowest BCUT2D eigenvalue weighted by atomic mass is 10.3. The predicted octanol–water partition coefficient (Wildman–Crippen LogP) is 0.149. The highest BCUT2D eigenvalue weighted by Crippen LogP contribution is 2.08. The SMILES string of the molecule is C[C@H](NCCN(C)C)C(=O)N1CCCC1. The summed E-state index contributed by atoms with van der Waals surface area (Å²) in [5, 5.41) is 3.26. The fraction of sp³-hybridized carbons (Fsp3) is 0.909. The first kappa shape index (κ1) is 12.5. The molecule has 1 aliphatic rings. The van der Waals surface area contributed by atoms with Crippen LogP contribution in [0.4, 0.5) is 0 Å². The molecule has 1 atom stereocenters. The van der Waals surface area contributed by atoms with E-state index in [9.17, 15) is 4.79 Å². The van der Waals surface area contributed by atoms with Crippen LogP contribution in [0.1, 0.15) is 19.8 Å². The van der Waals surface area contributed by atoms with E-state index in [4.69, 9.17) is 0 Å². The molecule has 0 radical (unpaired) electrons. The first-order valence-corrected chi connectivity index (χ1v) is 5.78. The molecule has 0 bridgehead atoms. The Hall–Kier alpha value is -0.610. The van der Waals surface area contributed by atoms with Crippen LogP contribution in [0.25, 0.3) is 0 Å². The van der Waals surface area contributed by atoms with Crippen molar-refractivity contribution in [3.63, 3.8) is 0 Å². The van der Waals surface area contributed by atoms with Crippen molar-refractivity contribution >= 4 is 5.91 Å². The van der Waals surface area contributed by atoms with Crippen molar-refractivity contribution in [2.24, 2.45) is 0 Å². The maximum absolute atomic E-state index is 11.9. The Bertz CT molecular complexity index is 200. The van der Waals surface area contributed by atoms with Crippen LogP contribution in [0.15, 0.2) is 0 Å². The summed E-state index contributed by atoms with van der Waals surface area (Å²) in [5.74, 6) is 0.256. The van der Waals surface area contributed by atoms with E-state index in [-0.39, 0.29) is 11.9 Å². The number of rotatable bonds is 5. The summed E-state index contributed by atoms with van der Waals surface area (Å²) in [6, 6.07) is -0.0388. The van der Waals surface area contributed by atoms with Gasteiger partial charge in [0.05, 0.1) is 6.04 Å². The molecular weight excluding hydrogens is 190 g/mol. The lowest BCUT2D eigenvalue weighted by molar-refractivity contribution is -0.131. The Morgan fingerprint density at radius 2 is 2.00 bits per heavy atom. The summed E-state index contributed by atoms with van der Waals surface area (Å²) < 4.78 is 0. The molecule has 4 heteroatoms. The summed E-state index contributed by atoms with van der Waals surface area (Å²) in [7, 11) is 4.07. The zero-order valence-corrected chi connectivity index (χ0v) is 10.1. The van der Waals surface area contributed by atoms with Crippen molar-refractivity contribution in [3.05, 3.63) is 0 Å². The van der Waals surface area contributed by atoms with Crippen LogP contribution >= 0.6 is 0 Å². The number of carbonyl (C=O) groups is 1. The van der Waals surface area contributed by atoms with Crippen LogP contribution in [0, 0.1) is 0 Å². The number of likely N-dealkylation sites (N-methyl/N-ethyl adjacent to an activating group) is 1. The highest BCUT2D eigenvalue weighted by atomic mass is 16.2. The summed E-state index contributed by atoms with van der Waals surface area (Å²) in [5.41, 5.74) is 0. The van der Waals surface area contributed by atoms with Crippen LogP contribution in [0.3, 0.4) is 0 Å². The van der Waals surface area contributed by atoms with Crippen molar-refractivity contribution in [2.75, 3.05) is 40.3 Å². The fourth-order valence-electron chi connectivity index (χ4n) is 1.80. The third-order valence-corrected chi connectivity index (χ3v) is 2.80. The van der Waals surface area contributed by atoms with Crippen molar-refractivity contribution in [3.8, 4) is 0 Å². The van der Waals surface area contributed by atoms with Gasteiger partial charge in [-0.15, -0.1) is 0 Å². The van der Waals surface area contributed by atoms with Gasteiger partial charge in [-0.3, -0.25) is 4.79 Å². The second kappa shape index (κ2) is 6.08. The van der Waals surface area contributed by atoms with Crippen molar-refractivity contribution in [1.82, 2.24) is 15.1 Å². The van der Waals surface area contributed by atoms with Gasteiger partial charge in [-0.1, -0.05) is 0 Å². The number of carbonyl (C=O) groups excluding carboxylic acids is 1. The largest absolute Gasteiger partial charge is 0.341 e. The van der Waals surface area contributed by atoms with Crippen LogP contribution in [0.5, 0.6) is 0 Å². The molecule has 1 aliphatic heterocycles. The Balaban J connectivity index is 2.20. The van der Waals surface area contributed by atoms with Crippen LogP contribution < -0.4 is 5.32 Å². The minimum absolute atomic E-state index is 0.0388. The second-order valence-electron chi connectivity index (χ2n) is 4.51. The normalized spacial score (nSPS) is 18.5. The summed E-state index contributed by atoms with van der Waals surface area (Å²) in [6.07, 6.45) is 2.33. The highest BCUT2D eigenvalue weighted by molar-refractivity contribution is 5.81. The number of likely N-dealkylation sites (tertiary alicyclic amines) is 1. The molecule has 0 aromatic carbocycles. The first-order valence-electron chi connectivity index (χ1n) is 5.78. The maximum atomic E-state index is 11.9. The molecule has 88 valence electrons. The molecule has 1 N–H and O–H groups in total. The van der Waals surface area contributed by atoms with Gasteiger partial charge in [0.15, 0.2) is 0 Å². The van der Waals surface area contributed by atoms with Gasteiger partial charge in [-0.25, -0.2) is 0 Å². The quantitative estimate of drug-likeness (QED) is 0.706. The molecule has 1 fully saturated rings. The van der Waals surface area contributed by atoms with E-state index in [2.05, 4.69) is 10.2 Å². The van der Waals surface area contributed by atoms with Crippen molar-refractivity contribution in [2.45, 2.75) is 25.8 Å². The topological polar surface area (TPSA) is 35.6 Å². The molecule has 0 saturated carbocycles. The molecule has 1 amide bonds. The van der Waals surface area contributed by atoms with Crippen LogP contribution in [0.2, 0.25) is 0 Å². The average molecular weight is 213 g/mol. The molecule has 1 heterocycles. The van der Waals surface area contributed by atoms with Gasteiger partial charge < -0.3 is 15.1 Å². The molecule has 0 aromatic heterocycles. The summed E-state index contributed by atoms with van der Waals surface area (Å²) in [6.45, 7) is 5.68. The van der Waals surface area contributed by atoms with Gasteiger partial charge in [0.25, 0.3) is 0 Å². The molecule has 0 unspecified atom stereocenters. The Kier molecular flexibility index (Phi) is 5.05. The zero-order valence-electron chi connectivity index (χ0n) is 10.1. The second-order valence-corrected chi connectivity index (χ2v) is 4.51. The standard InChI is InChI=1S/C11H23N3O/c1-10(12-6-9-13(2)3)11(15)14-7-4-5-8-14/h10,12H,4-9H2,1-3H3/t10-/m0/s1. The van der Waals surface area contributed by atoms with E-state index in [1.807, 2.05) is 25.9 Å². The molecule has 4 nitrogen and oxygen atoms in total. The van der Waals surface area contributed by atoms with Crippen LogP contribution in [-0.2, 0) is 4.79 Å². The third kappa shape index (κ3) is 4.18. The fourth-order valence-corrected chi connectivity index (χ4v) is 1.80. The van der Waals surface area contributed by atoms with Gasteiger partial charge in [0.2, 0.25) is 5.91 Å². The number of nitrogens with zero attached hydrogens (tertiary/aromatic N) is 2. The molecule has 1 saturated heterocycles. The monoisotopic (exact) mass is 213 g/mol. The molecule has 0 aromatic rings.